The van der Waals surface area contributed by atoms with E-state index in [1.54, 1.807) is 4.90 Å². The van der Waals surface area contributed by atoms with Crippen LogP contribution in [0, 0.1) is 22.0 Å². The second-order valence-electron chi connectivity index (χ2n) is 6.24. The van der Waals surface area contributed by atoms with E-state index in [-0.39, 0.29) is 23.6 Å². The Morgan fingerprint density at radius 3 is 2.70 bits per heavy atom. The lowest BCUT2D eigenvalue weighted by atomic mass is 9.78. The van der Waals surface area contributed by atoms with E-state index in [0.29, 0.717) is 19.3 Å². The average Bonchev–Trinajstić information content (AvgIpc) is 2.91. The van der Waals surface area contributed by atoms with Gasteiger partial charge in [0.1, 0.15) is 17.6 Å². The van der Waals surface area contributed by atoms with Crippen LogP contribution in [0.25, 0.3) is 0 Å². The summed E-state index contributed by atoms with van der Waals surface area (Å²) < 4.78 is 38.6. The molecule has 2 N–H and O–H groups in total. The molecule has 2 heterocycles. The van der Waals surface area contributed by atoms with E-state index in [1.807, 2.05) is 0 Å². The SMILES string of the molecule is NC1CCCC2CN(c3cc(C(F)(F)F)ncc3[N+](=O)[O-])CC12. The van der Waals surface area contributed by atoms with Crippen molar-refractivity contribution >= 4 is 11.4 Å². The summed E-state index contributed by atoms with van der Waals surface area (Å²) in [6.45, 7) is 0.953. The Morgan fingerprint density at radius 1 is 1.35 bits per heavy atom. The number of anilines is 1. The summed E-state index contributed by atoms with van der Waals surface area (Å²) in [6.07, 6.45) is -1.10. The number of fused-ring (bicyclic) bond motifs is 1. The molecule has 0 amide bonds. The monoisotopic (exact) mass is 330 g/mol. The minimum atomic E-state index is -4.63. The zero-order chi connectivity index (χ0) is 16.8. The lowest BCUT2D eigenvalue weighted by molar-refractivity contribution is -0.384. The maximum Gasteiger partial charge on any atom is 0.433 e. The van der Waals surface area contributed by atoms with E-state index in [0.717, 1.165) is 25.3 Å². The first-order chi connectivity index (χ1) is 10.8. The minimum absolute atomic E-state index is 0.00160. The van der Waals surface area contributed by atoms with Crippen molar-refractivity contribution < 1.29 is 18.1 Å². The van der Waals surface area contributed by atoms with E-state index in [9.17, 15) is 23.3 Å². The Hall–Kier alpha value is -1.90. The number of pyridine rings is 1. The zero-order valence-electron chi connectivity index (χ0n) is 12.3. The van der Waals surface area contributed by atoms with Crippen LogP contribution in [-0.2, 0) is 6.18 Å². The Kier molecular flexibility index (Phi) is 3.91. The molecule has 3 atom stereocenters. The second kappa shape index (κ2) is 5.63. The van der Waals surface area contributed by atoms with Crippen LogP contribution >= 0.6 is 0 Å². The fraction of sp³-hybridized carbons (Fsp3) is 0.643. The normalized spacial score (nSPS) is 27.8. The number of nitrogens with two attached hydrogens (primary N) is 1. The molecule has 2 aliphatic rings. The van der Waals surface area contributed by atoms with E-state index < -0.39 is 22.5 Å². The van der Waals surface area contributed by atoms with Crippen molar-refractivity contribution in [3.63, 3.8) is 0 Å². The van der Waals surface area contributed by atoms with Crippen molar-refractivity contribution in [3.05, 3.63) is 28.1 Å². The van der Waals surface area contributed by atoms with Gasteiger partial charge >= 0.3 is 11.9 Å². The molecular formula is C14H17F3N4O2. The third-order valence-corrected chi connectivity index (χ3v) is 4.84. The van der Waals surface area contributed by atoms with Crippen molar-refractivity contribution in [2.75, 3.05) is 18.0 Å². The Bertz CT molecular complexity index is 623. The number of hydrogen-bond donors (Lipinski definition) is 1. The highest BCUT2D eigenvalue weighted by Gasteiger charge is 2.42. The molecule has 6 nitrogen and oxygen atoms in total. The summed E-state index contributed by atoms with van der Waals surface area (Å²) in [5.74, 6) is 0.451. The summed E-state index contributed by atoms with van der Waals surface area (Å²) in [4.78, 5) is 15.3. The molecule has 1 aromatic rings. The smallest absolute Gasteiger partial charge is 0.365 e. The maximum atomic E-state index is 12.9. The summed E-state index contributed by atoms with van der Waals surface area (Å²) in [5.41, 5.74) is 4.58. The Balaban J connectivity index is 1.96. The molecule has 3 unspecified atom stereocenters. The number of nitrogens with zero attached hydrogens (tertiary/aromatic N) is 3. The first kappa shape index (κ1) is 16.0. The van der Waals surface area contributed by atoms with Gasteiger partial charge in [-0.2, -0.15) is 13.2 Å². The van der Waals surface area contributed by atoms with Crippen LogP contribution in [0.5, 0.6) is 0 Å². The van der Waals surface area contributed by atoms with Crippen molar-refractivity contribution in [1.29, 1.82) is 0 Å². The number of rotatable bonds is 2. The van der Waals surface area contributed by atoms with Crippen molar-refractivity contribution in [2.45, 2.75) is 31.5 Å². The summed E-state index contributed by atoms with van der Waals surface area (Å²) in [6, 6.07) is 0.780. The molecular weight excluding hydrogens is 313 g/mol. The van der Waals surface area contributed by atoms with Crippen LogP contribution < -0.4 is 10.6 Å². The van der Waals surface area contributed by atoms with E-state index in [1.165, 1.54) is 0 Å². The average molecular weight is 330 g/mol. The van der Waals surface area contributed by atoms with Crippen LogP contribution in [0.15, 0.2) is 12.3 Å². The van der Waals surface area contributed by atoms with Gasteiger partial charge in [0, 0.05) is 19.1 Å². The predicted molar refractivity (Wildman–Crippen MR) is 76.9 cm³/mol. The standard InChI is InChI=1S/C14H17F3N4O2/c15-14(16,17)13-4-11(12(5-19-13)21(22)23)20-6-8-2-1-3-10(18)9(8)7-20/h4-5,8-10H,1-3,6-7,18H2. The van der Waals surface area contributed by atoms with Gasteiger partial charge in [0.2, 0.25) is 0 Å². The lowest BCUT2D eigenvalue weighted by Crippen LogP contribution is -2.38. The van der Waals surface area contributed by atoms with Gasteiger partial charge in [-0.05, 0) is 30.7 Å². The second-order valence-corrected chi connectivity index (χ2v) is 6.24. The summed E-state index contributed by atoms with van der Waals surface area (Å²) >= 11 is 0. The molecule has 0 aromatic carbocycles. The largest absolute Gasteiger partial charge is 0.433 e. The molecule has 1 saturated heterocycles. The number of halogens is 3. The Morgan fingerprint density at radius 2 is 2.09 bits per heavy atom. The highest BCUT2D eigenvalue weighted by atomic mass is 19.4. The summed E-state index contributed by atoms with van der Waals surface area (Å²) in [5, 5.41) is 11.2. The number of alkyl halides is 3. The summed E-state index contributed by atoms with van der Waals surface area (Å²) in [7, 11) is 0. The van der Waals surface area contributed by atoms with E-state index >= 15 is 0 Å². The molecule has 0 bridgehead atoms. The highest BCUT2D eigenvalue weighted by Crippen LogP contribution is 2.41. The molecule has 9 heteroatoms. The van der Waals surface area contributed by atoms with Gasteiger partial charge in [-0.25, -0.2) is 4.98 Å². The van der Waals surface area contributed by atoms with Gasteiger partial charge in [-0.15, -0.1) is 0 Å². The molecule has 0 radical (unpaired) electrons. The Labute approximate surface area is 130 Å². The molecule has 2 fully saturated rings. The van der Waals surface area contributed by atoms with Crippen LogP contribution in [0.4, 0.5) is 24.5 Å². The molecule has 1 aliphatic carbocycles. The van der Waals surface area contributed by atoms with E-state index in [4.69, 9.17) is 5.73 Å². The van der Waals surface area contributed by atoms with Gasteiger partial charge in [0.25, 0.3) is 0 Å². The first-order valence-corrected chi connectivity index (χ1v) is 7.49. The first-order valence-electron chi connectivity index (χ1n) is 7.49. The number of nitro groups is 1. The zero-order valence-corrected chi connectivity index (χ0v) is 12.3. The molecule has 1 aliphatic heterocycles. The van der Waals surface area contributed by atoms with Gasteiger partial charge < -0.3 is 10.6 Å². The van der Waals surface area contributed by atoms with Crippen LogP contribution in [0.2, 0.25) is 0 Å². The maximum absolute atomic E-state index is 12.9. The number of hydrogen-bond acceptors (Lipinski definition) is 5. The molecule has 126 valence electrons. The van der Waals surface area contributed by atoms with Crippen LogP contribution in [-0.4, -0.2) is 29.0 Å². The molecule has 3 rings (SSSR count). The van der Waals surface area contributed by atoms with Crippen molar-refractivity contribution in [2.24, 2.45) is 17.6 Å². The van der Waals surface area contributed by atoms with Crippen LogP contribution in [0.3, 0.4) is 0 Å². The van der Waals surface area contributed by atoms with Gasteiger partial charge in [-0.1, -0.05) is 6.42 Å². The van der Waals surface area contributed by atoms with Crippen molar-refractivity contribution in [1.82, 2.24) is 4.98 Å². The van der Waals surface area contributed by atoms with Crippen LogP contribution in [0.1, 0.15) is 25.0 Å². The molecule has 0 spiro atoms. The third-order valence-electron chi connectivity index (χ3n) is 4.84. The topological polar surface area (TPSA) is 85.3 Å². The lowest BCUT2D eigenvalue weighted by Gasteiger charge is -2.29. The number of aromatic nitrogens is 1. The quantitative estimate of drug-likeness (QED) is 0.665. The van der Waals surface area contributed by atoms with Gasteiger partial charge in [0.15, 0.2) is 0 Å². The molecule has 1 saturated carbocycles. The highest BCUT2D eigenvalue weighted by molar-refractivity contribution is 5.63. The van der Waals surface area contributed by atoms with Gasteiger partial charge in [0.05, 0.1) is 4.92 Å². The van der Waals surface area contributed by atoms with Crippen molar-refractivity contribution in [3.8, 4) is 0 Å². The molecule has 23 heavy (non-hydrogen) atoms. The fourth-order valence-corrected chi connectivity index (χ4v) is 3.70. The van der Waals surface area contributed by atoms with E-state index in [2.05, 4.69) is 4.98 Å². The third kappa shape index (κ3) is 2.97. The molecule has 1 aromatic heterocycles. The predicted octanol–water partition coefficient (Wildman–Crippen LogP) is 2.57. The fourth-order valence-electron chi connectivity index (χ4n) is 3.70. The minimum Gasteiger partial charge on any atom is -0.365 e. The van der Waals surface area contributed by atoms with Gasteiger partial charge in [-0.3, -0.25) is 10.1 Å².